The highest BCUT2D eigenvalue weighted by atomic mass is 16.4. The van der Waals surface area contributed by atoms with Gasteiger partial charge in [-0.25, -0.2) is 0 Å². The SMILES string of the molecule is CCCC[C@@H](N)C(=O)O.CC[C@@H](C)[C@@H](N)C(=O)O. The van der Waals surface area contributed by atoms with Gasteiger partial charge in [-0.1, -0.05) is 40.0 Å². The second kappa shape index (κ2) is 11.0. The molecular formula is C12H26N2O4. The fourth-order valence-corrected chi connectivity index (χ4v) is 1.04. The summed E-state index contributed by atoms with van der Waals surface area (Å²) in [6, 6.07) is -1.36. The molecule has 0 aromatic heterocycles. The van der Waals surface area contributed by atoms with Crippen molar-refractivity contribution in [2.24, 2.45) is 17.4 Å². The summed E-state index contributed by atoms with van der Waals surface area (Å²) in [5.41, 5.74) is 10.5. The van der Waals surface area contributed by atoms with E-state index >= 15 is 0 Å². The lowest BCUT2D eigenvalue weighted by Crippen LogP contribution is -2.36. The van der Waals surface area contributed by atoms with Crippen molar-refractivity contribution in [1.82, 2.24) is 0 Å². The molecule has 0 rings (SSSR count). The number of aliphatic carboxylic acids is 2. The van der Waals surface area contributed by atoms with Crippen LogP contribution in [0, 0.1) is 5.92 Å². The number of carboxylic acids is 2. The van der Waals surface area contributed by atoms with Crippen LogP contribution in [-0.2, 0) is 9.59 Å². The minimum atomic E-state index is -0.913. The molecule has 0 aliphatic rings. The van der Waals surface area contributed by atoms with E-state index in [4.69, 9.17) is 21.7 Å². The van der Waals surface area contributed by atoms with E-state index in [2.05, 4.69) is 0 Å². The maximum Gasteiger partial charge on any atom is 0.320 e. The Labute approximate surface area is 108 Å². The zero-order chi connectivity index (χ0) is 14.7. The molecule has 18 heavy (non-hydrogen) atoms. The highest BCUT2D eigenvalue weighted by Crippen LogP contribution is 2.04. The first-order valence-electron chi connectivity index (χ1n) is 6.24. The molecule has 0 spiro atoms. The lowest BCUT2D eigenvalue weighted by atomic mass is 10.0. The smallest absolute Gasteiger partial charge is 0.320 e. The number of nitrogens with two attached hydrogens (primary N) is 2. The van der Waals surface area contributed by atoms with E-state index in [0.29, 0.717) is 6.42 Å². The van der Waals surface area contributed by atoms with Crippen molar-refractivity contribution in [3.05, 3.63) is 0 Å². The molecule has 6 nitrogen and oxygen atoms in total. The van der Waals surface area contributed by atoms with Gasteiger partial charge in [-0.15, -0.1) is 0 Å². The first kappa shape index (κ1) is 19.2. The topological polar surface area (TPSA) is 127 Å². The summed E-state index contributed by atoms with van der Waals surface area (Å²) in [6.07, 6.45) is 3.30. The number of unbranched alkanes of at least 4 members (excludes halogenated alkanes) is 1. The molecule has 6 heteroatoms. The van der Waals surface area contributed by atoms with Crippen LogP contribution < -0.4 is 11.5 Å². The lowest BCUT2D eigenvalue weighted by molar-refractivity contribution is -0.140. The molecule has 0 unspecified atom stereocenters. The van der Waals surface area contributed by atoms with Crippen LogP contribution in [0.15, 0.2) is 0 Å². The molecule has 0 fully saturated rings. The van der Waals surface area contributed by atoms with Gasteiger partial charge in [0.25, 0.3) is 0 Å². The normalized spacial score (nSPS) is 14.9. The lowest BCUT2D eigenvalue weighted by Gasteiger charge is -2.11. The summed E-state index contributed by atoms with van der Waals surface area (Å²) in [7, 11) is 0. The fourth-order valence-electron chi connectivity index (χ4n) is 1.04. The van der Waals surface area contributed by atoms with Crippen LogP contribution in [0.2, 0.25) is 0 Å². The van der Waals surface area contributed by atoms with Crippen molar-refractivity contribution in [1.29, 1.82) is 0 Å². The van der Waals surface area contributed by atoms with Crippen LogP contribution in [-0.4, -0.2) is 34.2 Å². The Morgan fingerprint density at radius 3 is 1.83 bits per heavy atom. The second-order valence-corrected chi connectivity index (χ2v) is 4.34. The molecule has 3 atom stereocenters. The predicted molar refractivity (Wildman–Crippen MR) is 70.2 cm³/mol. The average molecular weight is 262 g/mol. The van der Waals surface area contributed by atoms with Crippen LogP contribution in [0.4, 0.5) is 0 Å². The molecule has 0 saturated heterocycles. The molecule has 0 saturated carbocycles. The summed E-state index contributed by atoms with van der Waals surface area (Å²) in [6.45, 7) is 5.76. The van der Waals surface area contributed by atoms with E-state index in [9.17, 15) is 9.59 Å². The van der Waals surface area contributed by atoms with Gasteiger partial charge < -0.3 is 21.7 Å². The molecule has 0 aliphatic heterocycles. The first-order valence-corrected chi connectivity index (χ1v) is 6.24. The zero-order valence-corrected chi connectivity index (χ0v) is 11.4. The Balaban J connectivity index is 0. The highest BCUT2D eigenvalue weighted by Gasteiger charge is 2.17. The molecule has 0 amide bonds. The van der Waals surface area contributed by atoms with Crippen molar-refractivity contribution < 1.29 is 19.8 Å². The Morgan fingerprint density at radius 1 is 1.11 bits per heavy atom. The molecule has 108 valence electrons. The molecule has 6 N–H and O–H groups in total. The molecule has 0 aromatic carbocycles. The monoisotopic (exact) mass is 262 g/mol. The molecule has 0 aliphatic carbocycles. The summed E-state index contributed by atoms with van der Waals surface area (Å²) >= 11 is 0. The van der Waals surface area contributed by atoms with Crippen LogP contribution >= 0.6 is 0 Å². The van der Waals surface area contributed by atoms with Crippen molar-refractivity contribution >= 4 is 11.9 Å². The van der Waals surface area contributed by atoms with E-state index in [-0.39, 0.29) is 5.92 Å². The third-order valence-electron chi connectivity index (χ3n) is 2.73. The largest absolute Gasteiger partial charge is 0.480 e. The maximum atomic E-state index is 10.2. The van der Waals surface area contributed by atoms with Crippen LogP contribution in [0.3, 0.4) is 0 Å². The van der Waals surface area contributed by atoms with Gasteiger partial charge in [-0.2, -0.15) is 0 Å². The molecule has 0 aromatic rings. The van der Waals surface area contributed by atoms with Crippen LogP contribution in [0.5, 0.6) is 0 Å². The molecular weight excluding hydrogens is 236 g/mol. The standard InChI is InChI=1S/2C6H13NO2/c1-3-4(2)5(7)6(8)9;1-2-3-4-5(7)6(8)9/h4-5H,3,7H2,1-2H3,(H,8,9);5H,2-4,7H2,1H3,(H,8,9)/t4-,5-;5-/m11/s1. The summed E-state index contributed by atoms with van der Waals surface area (Å²) in [4.78, 5) is 20.3. The van der Waals surface area contributed by atoms with E-state index in [1.807, 2.05) is 20.8 Å². The van der Waals surface area contributed by atoms with Crippen molar-refractivity contribution in [2.75, 3.05) is 0 Å². The Hall–Kier alpha value is -1.14. The maximum absolute atomic E-state index is 10.2. The quantitative estimate of drug-likeness (QED) is 0.543. The summed E-state index contributed by atoms with van der Waals surface area (Å²) < 4.78 is 0. The average Bonchev–Trinajstić information content (AvgIpc) is 2.34. The van der Waals surface area contributed by atoms with Gasteiger partial charge in [-0.05, 0) is 12.3 Å². The Morgan fingerprint density at radius 2 is 1.61 bits per heavy atom. The van der Waals surface area contributed by atoms with Crippen LogP contribution in [0.1, 0.15) is 46.5 Å². The van der Waals surface area contributed by atoms with Crippen molar-refractivity contribution in [3.63, 3.8) is 0 Å². The number of hydrogen-bond donors (Lipinski definition) is 4. The van der Waals surface area contributed by atoms with Crippen molar-refractivity contribution in [2.45, 2.75) is 58.5 Å². The van der Waals surface area contributed by atoms with Crippen LogP contribution in [0.25, 0.3) is 0 Å². The van der Waals surface area contributed by atoms with E-state index in [0.717, 1.165) is 19.3 Å². The van der Waals surface area contributed by atoms with Gasteiger partial charge >= 0.3 is 11.9 Å². The van der Waals surface area contributed by atoms with Crippen molar-refractivity contribution in [3.8, 4) is 0 Å². The van der Waals surface area contributed by atoms with E-state index < -0.39 is 24.0 Å². The first-order chi connectivity index (χ1) is 8.27. The van der Waals surface area contributed by atoms with Gasteiger partial charge in [0.15, 0.2) is 0 Å². The van der Waals surface area contributed by atoms with Gasteiger partial charge in [0, 0.05) is 0 Å². The summed E-state index contributed by atoms with van der Waals surface area (Å²) in [5, 5.41) is 16.6. The highest BCUT2D eigenvalue weighted by molar-refractivity contribution is 5.73. The summed E-state index contributed by atoms with van der Waals surface area (Å²) in [5.74, 6) is -1.74. The van der Waals surface area contributed by atoms with E-state index in [1.165, 1.54) is 0 Å². The number of hydrogen-bond acceptors (Lipinski definition) is 4. The number of rotatable bonds is 7. The third-order valence-corrected chi connectivity index (χ3v) is 2.73. The predicted octanol–water partition coefficient (Wildman–Crippen LogP) is 1.03. The Kier molecular flexibility index (Phi) is 11.7. The van der Waals surface area contributed by atoms with Gasteiger partial charge in [0.1, 0.15) is 12.1 Å². The Bertz CT molecular complexity index is 246. The van der Waals surface area contributed by atoms with Gasteiger partial charge in [0.2, 0.25) is 0 Å². The second-order valence-electron chi connectivity index (χ2n) is 4.34. The van der Waals surface area contributed by atoms with Gasteiger partial charge in [0.05, 0.1) is 0 Å². The molecule has 0 bridgehead atoms. The molecule has 0 heterocycles. The molecule has 0 radical (unpaired) electrons. The fraction of sp³-hybridized carbons (Fsp3) is 0.833. The number of carboxylic acid groups (broad SMARTS) is 2. The third kappa shape index (κ3) is 10.0. The zero-order valence-electron chi connectivity index (χ0n) is 11.4. The van der Waals surface area contributed by atoms with E-state index in [1.54, 1.807) is 0 Å². The number of carbonyl (C=O) groups is 2. The minimum Gasteiger partial charge on any atom is -0.480 e. The van der Waals surface area contributed by atoms with Gasteiger partial charge in [-0.3, -0.25) is 9.59 Å². The minimum absolute atomic E-state index is 0.0718.